The Labute approximate surface area is 88.4 Å². The number of hydrogen-bond acceptors (Lipinski definition) is 3. The molecule has 0 atom stereocenters. The number of hydrogen-bond donors (Lipinski definition) is 0. The molecule has 0 N–H and O–H groups in total. The monoisotopic (exact) mass is 206 g/mol. The van der Waals surface area contributed by atoms with Crippen LogP contribution in [0.15, 0.2) is 24.3 Å². The van der Waals surface area contributed by atoms with Crippen LogP contribution in [0.25, 0.3) is 10.9 Å². The van der Waals surface area contributed by atoms with Gasteiger partial charge in [-0.2, -0.15) is 5.10 Å². The van der Waals surface area contributed by atoms with Crippen LogP contribution in [0.3, 0.4) is 0 Å². The van der Waals surface area contributed by atoms with Crippen molar-refractivity contribution in [2.45, 2.75) is 6.54 Å². The van der Waals surface area contributed by atoms with E-state index in [9.17, 15) is 0 Å². The molecular formula is C11H14N2O2. The fraction of sp³-hybridized carbons (Fsp3) is 0.364. The third-order valence-electron chi connectivity index (χ3n) is 2.30. The van der Waals surface area contributed by atoms with Crippen LogP contribution in [0.2, 0.25) is 0 Å². The Hall–Kier alpha value is -1.55. The van der Waals surface area contributed by atoms with E-state index < -0.39 is 0 Å². The first-order valence-electron chi connectivity index (χ1n) is 4.85. The molecule has 0 aliphatic rings. The molecule has 0 aliphatic carbocycles. The molecular weight excluding hydrogens is 192 g/mol. The fourth-order valence-electron chi connectivity index (χ4n) is 1.60. The minimum Gasteiger partial charge on any atom is -0.481 e. The van der Waals surface area contributed by atoms with E-state index in [0.717, 1.165) is 16.8 Å². The lowest BCUT2D eigenvalue weighted by Crippen LogP contribution is -2.07. The standard InChI is InChI=1S/C11H14N2O2/c1-14-8-7-13-11(15-2)9-5-3-4-6-10(9)12-13/h3-6H,7-8H2,1-2H3. The Morgan fingerprint density at radius 2 is 2.07 bits per heavy atom. The number of rotatable bonds is 4. The highest BCUT2D eigenvalue weighted by atomic mass is 16.5. The summed E-state index contributed by atoms with van der Waals surface area (Å²) < 4.78 is 12.2. The first kappa shape index (κ1) is 9.98. The van der Waals surface area contributed by atoms with Gasteiger partial charge in [-0.05, 0) is 12.1 Å². The molecule has 0 spiro atoms. The van der Waals surface area contributed by atoms with Crippen LogP contribution in [0, 0.1) is 0 Å². The van der Waals surface area contributed by atoms with Gasteiger partial charge in [0, 0.05) is 7.11 Å². The number of benzene rings is 1. The molecule has 0 fully saturated rings. The van der Waals surface area contributed by atoms with Crippen molar-refractivity contribution in [3.8, 4) is 5.88 Å². The van der Waals surface area contributed by atoms with Crippen molar-refractivity contribution in [1.29, 1.82) is 0 Å². The van der Waals surface area contributed by atoms with Crippen molar-refractivity contribution in [3.63, 3.8) is 0 Å². The number of fused-ring (bicyclic) bond motifs is 1. The summed E-state index contributed by atoms with van der Waals surface area (Å²) in [6, 6.07) is 7.92. The molecule has 1 heterocycles. The molecule has 0 aliphatic heterocycles. The minimum absolute atomic E-state index is 0.629. The maximum atomic E-state index is 5.34. The lowest BCUT2D eigenvalue weighted by molar-refractivity contribution is 0.179. The predicted octanol–water partition coefficient (Wildman–Crippen LogP) is 1.69. The fourth-order valence-corrected chi connectivity index (χ4v) is 1.60. The van der Waals surface area contributed by atoms with E-state index >= 15 is 0 Å². The van der Waals surface area contributed by atoms with Crippen LogP contribution in [-0.2, 0) is 11.3 Å². The van der Waals surface area contributed by atoms with Crippen molar-refractivity contribution < 1.29 is 9.47 Å². The van der Waals surface area contributed by atoms with E-state index in [2.05, 4.69) is 5.10 Å². The van der Waals surface area contributed by atoms with Gasteiger partial charge < -0.3 is 9.47 Å². The summed E-state index contributed by atoms with van der Waals surface area (Å²) >= 11 is 0. The summed E-state index contributed by atoms with van der Waals surface area (Å²) in [4.78, 5) is 0. The zero-order valence-electron chi connectivity index (χ0n) is 8.93. The second kappa shape index (κ2) is 4.31. The largest absolute Gasteiger partial charge is 0.481 e. The van der Waals surface area contributed by atoms with Gasteiger partial charge in [0.25, 0.3) is 0 Å². The van der Waals surface area contributed by atoms with Gasteiger partial charge in [0.2, 0.25) is 5.88 Å². The summed E-state index contributed by atoms with van der Waals surface area (Å²) in [5.74, 6) is 0.794. The van der Waals surface area contributed by atoms with Crippen LogP contribution >= 0.6 is 0 Å². The Morgan fingerprint density at radius 1 is 1.27 bits per heavy atom. The number of ether oxygens (including phenoxy) is 2. The van der Waals surface area contributed by atoms with Crippen molar-refractivity contribution in [3.05, 3.63) is 24.3 Å². The summed E-state index contributed by atoms with van der Waals surface area (Å²) in [5, 5.41) is 5.47. The third kappa shape index (κ3) is 1.80. The molecule has 15 heavy (non-hydrogen) atoms. The average Bonchev–Trinajstić information content (AvgIpc) is 2.63. The van der Waals surface area contributed by atoms with Gasteiger partial charge in [0.1, 0.15) is 0 Å². The Morgan fingerprint density at radius 3 is 2.80 bits per heavy atom. The smallest absolute Gasteiger partial charge is 0.219 e. The SMILES string of the molecule is COCCn1nc2ccccc2c1OC. The molecule has 0 saturated heterocycles. The van der Waals surface area contributed by atoms with E-state index in [1.54, 1.807) is 14.2 Å². The number of aromatic nitrogens is 2. The number of methoxy groups -OCH3 is 2. The van der Waals surface area contributed by atoms with Gasteiger partial charge >= 0.3 is 0 Å². The molecule has 0 amide bonds. The normalized spacial score (nSPS) is 10.8. The third-order valence-corrected chi connectivity index (χ3v) is 2.30. The quantitative estimate of drug-likeness (QED) is 0.763. The molecule has 2 aromatic rings. The first-order valence-corrected chi connectivity index (χ1v) is 4.85. The topological polar surface area (TPSA) is 36.3 Å². The molecule has 1 aromatic carbocycles. The second-order valence-corrected chi connectivity index (χ2v) is 3.24. The first-order chi connectivity index (χ1) is 7.36. The Balaban J connectivity index is 2.44. The molecule has 0 bridgehead atoms. The molecule has 2 rings (SSSR count). The molecule has 0 saturated carbocycles. The van der Waals surface area contributed by atoms with Gasteiger partial charge in [-0.3, -0.25) is 0 Å². The summed E-state index contributed by atoms with van der Waals surface area (Å²) in [7, 11) is 3.34. The van der Waals surface area contributed by atoms with E-state index in [4.69, 9.17) is 9.47 Å². The van der Waals surface area contributed by atoms with E-state index in [1.165, 1.54) is 0 Å². The second-order valence-electron chi connectivity index (χ2n) is 3.24. The zero-order chi connectivity index (χ0) is 10.7. The molecule has 4 heteroatoms. The number of nitrogens with zero attached hydrogens (tertiary/aromatic N) is 2. The van der Waals surface area contributed by atoms with Crippen LogP contribution in [0.1, 0.15) is 0 Å². The van der Waals surface area contributed by atoms with Gasteiger partial charge in [-0.15, -0.1) is 0 Å². The lowest BCUT2D eigenvalue weighted by Gasteiger charge is -2.04. The maximum Gasteiger partial charge on any atom is 0.219 e. The average molecular weight is 206 g/mol. The predicted molar refractivity (Wildman–Crippen MR) is 58.2 cm³/mol. The zero-order valence-corrected chi connectivity index (χ0v) is 8.93. The van der Waals surface area contributed by atoms with E-state index in [-0.39, 0.29) is 0 Å². The Kier molecular flexibility index (Phi) is 2.87. The minimum atomic E-state index is 0.629. The van der Waals surface area contributed by atoms with Crippen molar-refractivity contribution in [2.75, 3.05) is 20.8 Å². The summed E-state index contributed by atoms with van der Waals surface area (Å²) in [6.07, 6.45) is 0. The van der Waals surface area contributed by atoms with E-state index in [1.807, 2.05) is 28.9 Å². The molecule has 0 radical (unpaired) electrons. The van der Waals surface area contributed by atoms with Gasteiger partial charge in [0.05, 0.1) is 31.2 Å². The van der Waals surface area contributed by atoms with Crippen molar-refractivity contribution in [1.82, 2.24) is 9.78 Å². The van der Waals surface area contributed by atoms with Gasteiger partial charge in [-0.1, -0.05) is 12.1 Å². The molecule has 1 aromatic heterocycles. The maximum absolute atomic E-state index is 5.34. The van der Waals surface area contributed by atoms with Crippen LogP contribution in [0.4, 0.5) is 0 Å². The lowest BCUT2D eigenvalue weighted by atomic mass is 10.2. The summed E-state index contributed by atoms with van der Waals surface area (Å²) in [5.41, 5.74) is 0.949. The highest BCUT2D eigenvalue weighted by Crippen LogP contribution is 2.24. The van der Waals surface area contributed by atoms with Gasteiger partial charge in [0.15, 0.2) is 0 Å². The van der Waals surface area contributed by atoms with Gasteiger partial charge in [-0.25, -0.2) is 4.68 Å². The summed E-state index contributed by atoms with van der Waals surface area (Å²) in [6.45, 7) is 1.33. The highest BCUT2D eigenvalue weighted by molar-refractivity contribution is 5.84. The highest BCUT2D eigenvalue weighted by Gasteiger charge is 2.09. The van der Waals surface area contributed by atoms with Crippen LogP contribution in [0.5, 0.6) is 5.88 Å². The van der Waals surface area contributed by atoms with Crippen molar-refractivity contribution >= 4 is 10.9 Å². The van der Waals surface area contributed by atoms with E-state index in [0.29, 0.717) is 13.2 Å². The van der Waals surface area contributed by atoms with Crippen LogP contribution < -0.4 is 4.74 Å². The molecule has 0 unspecified atom stereocenters. The van der Waals surface area contributed by atoms with Crippen LogP contribution in [-0.4, -0.2) is 30.6 Å². The van der Waals surface area contributed by atoms with Crippen molar-refractivity contribution in [2.24, 2.45) is 0 Å². The molecule has 4 nitrogen and oxygen atoms in total. The molecule has 80 valence electrons. The Bertz CT molecular complexity index is 451.